The summed E-state index contributed by atoms with van der Waals surface area (Å²) in [5.74, 6) is -12.3. The van der Waals surface area contributed by atoms with Crippen LogP contribution in [0, 0.1) is 13.8 Å². The maximum absolute atomic E-state index is 13.5. The number of carbonyl (C=O) groups excluding carboxylic acids is 7. The van der Waals surface area contributed by atoms with E-state index < -0.39 is 94.2 Å². The minimum Gasteiger partial charge on any atom is -0.494 e. The Hall–Kier alpha value is -9.58. The van der Waals surface area contributed by atoms with E-state index in [2.05, 4.69) is 51.7 Å². The summed E-state index contributed by atoms with van der Waals surface area (Å²) in [6.07, 6.45) is -3.50. The number of benzene rings is 2. The fourth-order valence-electron chi connectivity index (χ4n) is 10.6. The second-order valence-electron chi connectivity index (χ2n) is 25.2. The molecule has 1 aliphatic heterocycles. The number of aromatic amines is 1. The molecule has 2 atom stereocenters. The van der Waals surface area contributed by atoms with Crippen LogP contribution in [0.3, 0.4) is 0 Å². The van der Waals surface area contributed by atoms with Gasteiger partial charge in [0.05, 0.1) is 82.4 Å². The highest BCUT2D eigenvalue weighted by atomic mass is 32.2. The molecule has 0 bridgehead atoms. The van der Waals surface area contributed by atoms with Crippen molar-refractivity contribution in [2.45, 2.75) is 94.7 Å². The van der Waals surface area contributed by atoms with Gasteiger partial charge in [-0.25, -0.2) is 13.4 Å². The van der Waals surface area contributed by atoms with Crippen molar-refractivity contribution in [2.24, 2.45) is 5.73 Å². The highest BCUT2D eigenvalue weighted by Crippen LogP contribution is 2.27. The average molecular weight is 1640 g/mol. The minimum absolute atomic E-state index is 0.00100. The number of carboxylic acids is 4. The lowest BCUT2D eigenvalue weighted by atomic mass is 10.1. The van der Waals surface area contributed by atoms with Gasteiger partial charge in [-0.15, -0.1) is 0 Å². The van der Waals surface area contributed by atoms with Crippen molar-refractivity contribution in [1.29, 1.82) is 0 Å². The van der Waals surface area contributed by atoms with Gasteiger partial charge in [-0.05, 0) is 94.0 Å². The molecule has 1 fully saturated rings. The van der Waals surface area contributed by atoms with Crippen molar-refractivity contribution in [1.82, 2.24) is 70.7 Å². The van der Waals surface area contributed by atoms with Gasteiger partial charge in [-0.1, -0.05) is 0 Å². The summed E-state index contributed by atoms with van der Waals surface area (Å²) in [7, 11) is -1.42. The van der Waals surface area contributed by atoms with Gasteiger partial charge in [0.15, 0.2) is 5.95 Å². The summed E-state index contributed by atoms with van der Waals surface area (Å²) in [4.78, 5) is 142. The van der Waals surface area contributed by atoms with Crippen molar-refractivity contribution >= 4 is 91.9 Å². The summed E-state index contributed by atoms with van der Waals surface area (Å²) in [6, 6.07) is 5.47. The van der Waals surface area contributed by atoms with E-state index in [1.165, 1.54) is 26.3 Å². The van der Waals surface area contributed by atoms with Crippen LogP contribution >= 0.6 is 0 Å². The zero-order valence-corrected chi connectivity index (χ0v) is 63.9. The number of rotatable bonds is 47. The van der Waals surface area contributed by atoms with E-state index >= 15 is 0 Å². The highest BCUT2D eigenvalue weighted by molar-refractivity contribution is 7.89. The van der Waals surface area contributed by atoms with Gasteiger partial charge in [-0.3, -0.25) is 77.0 Å². The van der Waals surface area contributed by atoms with Crippen molar-refractivity contribution in [2.75, 3.05) is 184 Å². The quantitative estimate of drug-likeness (QED) is 0.0152. The normalized spacial score (nSPS) is 14.1. The first kappa shape index (κ1) is 97.6. The topological polar surface area (TPSA) is 519 Å². The van der Waals surface area contributed by atoms with Crippen molar-refractivity contribution < 1.29 is 132 Å². The molecule has 0 spiro atoms. The number of aryl methyl sites for hydroxylation is 3. The number of aliphatic carboxylic acids is 4. The number of halogens is 6. The molecule has 38 nitrogen and oxygen atoms in total. The monoisotopic (exact) mass is 1640 g/mol. The van der Waals surface area contributed by atoms with Gasteiger partial charge in [0.25, 0.3) is 5.91 Å². The molecule has 5 amide bonds. The van der Waals surface area contributed by atoms with Crippen LogP contribution in [0.4, 0.5) is 32.3 Å². The number of nitrogens with one attached hydrogen (secondary N) is 8. The Morgan fingerprint density at radius 1 is 0.619 bits per heavy atom. The lowest BCUT2D eigenvalue weighted by Crippen LogP contribution is -2.52. The number of Topliss-reactive ketones (excluding diaryl/α,β-unsaturated/α-hetero) is 2. The number of methoxy groups -OCH3 is 1. The third-order valence-electron chi connectivity index (χ3n) is 16.1. The zero-order valence-electron chi connectivity index (χ0n) is 63.1. The van der Waals surface area contributed by atoms with Crippen LogP contribution in [-0.2, 0) is 83.5 Å². The number of hydrogen-bond acceptors (Lipinski definition) is 26. The van der Waals surface area contributed by atoms with Crippen LogP contribution in [0.2, 0.25) is 0 Å². The number of ketones is 2. The van der Waals surface area contributed by atoms with E-state index in [0.717, 1.165) is 23.7 Å². The Balaban J connectivity index is 0.000000531. The number of aromatic nitrogens is 4. The molecule has 1 saturated heterocycles. The van der Waals surface area contributed by atoms with Gasteiger partial charge >= 0.3 is 47.8 Å². The Kier molecular flexibility index (Phi) is 44.9. The van der Waals surface area contributed by atoms with Crippen LogP contribution < -0.4 is 47.1 Å². The van der Waals surface area contributed by atoms with E-state index in [0.29, 0.717) is 115 Å². The Bertz CT molecular complexity index is 3710. The second-order valence-corrected chi connectivity index (χ2v) is 26.8. The zero-order chi connectivity index (χ0) is 84.1. The largest absolute Gasteiger partial charge is 0.494 e. The molecule has 113 heavy (non-hydrogen) atoms. The Morgan fingerprint density at radius 2 is 1.14 bits per heavy atom. The number of likely N-dealkylation sites (N-methyl/N-ethyl adjacent to an activating group) is 1. The van der Waals surface area contributed by atoms with Crippen molar-refractivity contribution in [3.8, 4) is 5.75 Å². The lowest BCUT2D eigenvalue weighted by Gasteiger charge is -2.33. The molecule has 1 aliphatic rings. The number of nitrogens with two attached hydrogens (primary N) is 1. The number of ether oxygens (including phenoxy) is 5. The third kappa shape index (κ3) is 40.1. The first-order valence-corrected chi connectivity index (χ1v) is 37.2. The van der Waals surface area contributed by atoms with Crippen LogP contribution in [0.1, 0.15) is 66.4 Å². The van der Waals surface area contributed by atoms with Gasteiger partial charge in [0.1, 0.15) is 17.8 Å². The number of imidazole rings is 1. The van der Waals surface area contributed by atoms with Crippen LogP contribution in [0.15, 0.2) is 53.8 Å². The smallest absolute Gasteiger partial charge is 0.458 e. The van der Waals surface area contributed by atoms with Gasteiger partial charge < -0.3 is 86.7 Å². The fourth-order valence-corrected chi connectivity index (χ4v) is 12.2. The number of carboxylic acid groups (broad SMARTS) is 4. The number of sulfonamides is 1. The maximum Gasteiger partial charge on any atom is 0.458 e. The molecular formula is C68H102F6N16O22S. The minimum atomic E-state index is -5.77. The van der Waals surface area contributed by atoms with E-state index in [1.54, 1.807) is 70.2 Å². The first-order chi connectivity index (χ1) is 53.5. The standard InChI is InChI=1S/C39H57N9O10S.C25H45N7O10.C4F6O2/c1-28-23-32(58-18-3-7-35(49)41-12-6-17-56-20-22-57-21-19-55-16-4-10-40)24-29(2)36(28)59(53,54)47-33(38(51)52)27-45-37(50)30-8-9-34-31(25-30)26-46-48(34)15-5-11-42-39-43-13-14-44-39;1-26-25(41)19(3-4-20(33)27-5-14-42-2)28-21(34)15-29-6-8-30(16-22(35)36)10-12-32(18-24(39)40)13-11-31(9-7-29)17-23(37)38;5-3(6,7)1(11)2(12)4(8,9)10/h8-9,13-14,23-26,33,47H,3-7,10-12,15-22,27,40H2,1-2H3,(H,41,49)(H,45,50)(H,51,52)(H2,42,43,44);19H,3-18H2,1-2H3,(H,26,41)(H,27,33)(H,28,34)(H,35,36)(H,37,38)(H,39,40);/t;19-;/m.1./s1. The van der Waals surface area contributed by atoms with Gasteiger partial charge in [0, 0.05) is 149 Å². The highest BCUT2D eigenvalue weighted by Gasteiger charge is 2.54. The van der Waals surface area contributed by atoms with Crippen molar-refractivity contribution in [3.63, 3.8) is 0 Å². The molecule has 2 aromatic carbocycles. The SMILES string of the molecule is CNC(=O)[C@@H](CCC(=O)NCCOC)NC(=O)CN1CCN(CC(=O)O)CCN(CC(=O)O)CCN(CC(=O)O)CC1.Cc1cc(OCCCC(=O)NCCCOCCOCCOCCCN)cc(C)c1S(=O)(=O)NC(CNC(=O)c1ccc2c(cnn2CCCNc2ncc[nH]2)c1)C(=O)O.O=C(C(=O)C(F)(F)F)C(F)(F)F. The van der Waals surface area contributed by atoms with Gasteiger partial charge in [-0.2, -0.15) is 36.2 Å². The second kappa shape index (κ2) is 51.9. The molecule has 5 rings (SSSR count). The predicted molar refractivity (Wildman–Crippen MR) is 391 cm³/mol. The third-order valence-corrected chi connectivity index (χ3v) is 17.9. The summed E-state index contributed by atoms with van der Waals surface area (Å²) < 4.78 is 125. The molecule has 0 saturated carbocycles. The Morgan fingerprint density at radius 3 is 1.64 bits per heavy atom. The molecule has 634 valence electrons. The molecule has 0 aliphatic carbocycles. The van der Waals surface area contributed by atoms with E-state index in [4.69, 9.17) is 29.4 Å². The molecule has 14 N–H and O–H groups in total. The lowest BCUT2D eigenvalue weighted by molar-refractivity contribution is -0.193. The fraction of sp³-hybridized carbons (Fsp3) is 0.603. The number of H-pyrrole nitrogens is 1. The average Bonchev–Trinajstić information content (AvgIpc) is 1.55. The van der Waals surface area contributed by atoms with E-state index in [1.807, 2.05) is 4.68 Å². The van der Waals surface area contributed by atoms with Crippen LogP contribution in [0.25, 0.3) is 10.9 Å². The number of fused-ring (bicyclic) bond motifs is 1. The molecule has 4 aromatic rings. The maximum atomic E-state index is 13.5. The molecule has 3 heterocycles. The predicted octanol–water partition coefficient (Wildman–Crippen LogP) is -0.412. The van der Waals surface area contributed by atoms with Gasteiger partial charge in [0.2, 0.25) is 33.7 Å². The van der Waals surface area contributed by atoms with Crippen molar-refractivity contribution in [3.05, 3.63) is 65.6 Å². The van der Waals surface area contributed by atoms with Crippen LogP contribution in [0.5, 0.6) is 5.75 Å². The summed E-state index contributed by atoms with van der Waals surface area (Å²) >= 11 is 0. The number of alkyl halides is 6. The number of anilines is 1. The number of carbonyl (C=O) groups is 11. The molecule has 2 aromatic heterocycles. The summed E-state index contributed by atoms with van der Waals surface area (Å²) in [5.41, 5.74) is 7.17. The summed E-state index contributed by atoms with van der Waals surface area (Å²) in [5, 5.41) is 59.3. The number of nitrogens with zero attached hydrogens (tertiary/aromatic N) is 7. The molecule has 45 heteroatoms. The van der Waals surface area contributed by atoms with Crippen LogP contribution in [-0.4, -0.2) is 336 Å². The molecule has 1 unspecified atom stereocenters. The number of hydrogen-bond donors (Lipinski definition) is 13. The van der Waals surface area contributed by atoms with E-state index in [9.17, 15) is 108 Å². The number of amides is 5. The Labute approximate surface area is 647 Å². The molecular weight excluding hydrogens is 1540 g/mol. The summed E-state index contributed by atoms with van der Waals surface area (Å²) in [6.45, 7) is 10.0. The van der Waals surface area contributed by atoms with E-state index in [-0.39, 0.29) is 127 Å². The molecule has 0 radical (unpaired) electrons. The first-order valence-electron chi connectivity index (χ1n) is 35.7.